The standard InChI is InChI=1S/C11H15BrINOS/c1-14(6-4-2-3-5-12)11(15)9-7-10(13)16-8-9/h7-8H,2-6H2,1H3. The Bertz CT molecular complexity index is 342. The fourth-order valence-corrected chi connectivity index (χ4v) is 3.08. The second-order valence-corrected chi connectivity index (χ2v) is 7.21. The smallest absolute Gasteiger partial charge is 0.254 e. The van der Waals surface area contributed by atoms with Crippen LogP contribution in [0.2, 0.25) is 0 Å². The lowest BCUT2D eigenvalue weighted by Gasteiger charge is -2.15. The summed E-state index contributed by atoms with van der Waals surface area (Å²) in [5.41, 5.74) is 0.817. The third-order valence-corrected chi connectivity index (χ3v) is 4.64. The molecular formula is C11H15BrINOS. The van der Waals surface area contributed by atoms with Crippen LogP contribution in [0.25, 0.3) is 0 Å². The molecule has 0 saturated carbocycles. The molecule has 1 aromatic rings. The van der Waals surface area contributed by atoms with Gasteiger partial charge in [-0.2, -0.15) is 0 Å². The minimum atomic E-state index is 0.137. The maximum absolute atomic E-state index is 11.9. The summed E-state index contributed by atoms with van der Waals surface area (Å²) >= 11 is 7.26. The number of hydrogen-bond acceptors (Lipinski definition) is 2. The summed E-state index contributed by atoms with van der Waals surface area (Å²) < 4.78 is 1.16. The van der Waals surface area contributed by atoms with Crippen LogP contribution in [0.1, 0.15) is 29.6 Å². The molecule has 1 rings (SSSR count). The van der Waals surface area contributed by atoms with Gasteiger partial charge in [-0.25, -0.2) is 0 Å². The van der Waals surface area contributed by atoms with E-state index in [1.807, 2.05) is 23.4 Å². The number of carbonyl (C=O) groups excluding carboxylic acids is 1. The third kappa shape index (κ3) is 4.71. The zero-order valence-corrected chi connectivity index (χ0v) is 13.8. The van der Waals surface area contributed by atoms with Crippen LogP contribution in [-0.4, -0.2) is 29.7 Å². The van der Waals surface area contributed by atoms with Crippen molar-refractivity contribution < 1.29 is 4.79 Å². The summed E-state index contributed by atoms with van der Waals surface area (Å²) in [4.78, 5) is 13.8. The molecule has 2 nitrogen and oxygen atoms in total. The highest BCUT2D eigenvalue weighted by Crippen LogP contribution is 2.17. The largest absolute Gasteiger partial charge is 0.342 e. The van der Waals surface area contributed by atoms with Crippen LogP contribution < -0.4 is 0 Å². The highest BCUT2D eigenvalue weighted by Gasteiger charge is 2.12. The molecule has 0 aliphatic heterocycles. The van der Waals surface area contributed by atoms with Crippen molar-refractivity contribution in [2.75, 3.05) is 18.9 Å². The van der Waals surface area contributed by atoms with Crippen LogP contribution in [-0.2, 0) is 0 Å². The monoisotopic (exact) mass is 415 g/mol. The van der Waals surface area contributed by atoms with E-state index in [4.69, 9.17) is 0 Å². The maximum Gasteiger partial charge on any atom is 0.254 e. The van der Waals surface area contributed by atoms with Crippen LogP contribution in [0, 0.1) is 2.88 Å². The first-order chi connectivity index (χ1) is 7.65. The zero-order valence-electron chi connectivity index (χ0n) is 9.21. The summed E-state index contributed by atoms with van der Waals surface area (Å²) in [6.07, 6.45) is 3.43. The molecule has 90 valence electrons. The van der Waals surface area contributed by atoms with Gasteiger partial charge >= 0.3 is 0 Å². The van der Waals surface area contributed by atoms with Gasteiger partial charge in [-0.1, -0.05) is 22.4 Å². The molecule has 0 radical (unpaired) electrons. The summed E-state index contributed by atoms with van der Waals surface area (Å²) in [5.74, 6) is 0.137. The van der Waals surface area contributed by atoms with Crippen molar-refractivity contribution in [1.29, 1.82) is 0 Å². The molecule has 0 spiro atoms. The number of carbonyl (C=O) groups is 1. The molecule has 0 aliphatic carbocycles. The van der Waals surface area contributed by atoms with E-state index in [9.17, 15) is 4.79 Å². The van der Waals surface area contributed by atoms with Gasteiger partial charge in [0.05, 0.1) is 8.45 Å². The number of thiophene rings is 1. The molecule has 0 aliphatic rings. The van der Waals surface area contributed by atoms with Gasteiger partial charge in [0.1, 0.15) is 0 Å². The van der Waals surface area contributed by atoms with Gasteiger partial charge in [0.25, 0.3) is 5.91 Å². The molecule has 1 heterocycles. The van der Waals surface area contributed by atoms with Crippen molar-refractivity contribution in [3.63, 3.8) is 0 Å². The fraction of sp³-hybridized carbons (Fsp3) is 0.545. The number of alkyl halides is 1. The maximum atomic E-state index is 11.9. The third-order valence-electron chi connectivity index (χ3n) is 2.29. The van der Waals surface area contributed by atoms with Gasteiger partial charge in [-0.05, 0) is 41.5 Å². The Morgan fingerprint density at radius 2 is 2.25 bits per heavy atom. The first-order valence-corrected chi connectivity index (χ1v) is 8.28. The lowest BCUT2D eigenvalue weighted by atomic mass is 10.2. The van der Waals surface area contributed by atoms with Crippen molar-refractivity contribution in [3.8, 4) is 0 Å². The van der Waals surface area contributed by atoms with E-state index in [0.29, 0.717) is 0 Å². The molecule has 5 heteroatoms. The van der Waals surface area contributed by atoms with Gasteiger partial charge in [-0.15, -0.1) is 11.3 Å². The Kier molecular flexibility index (Phi) is 6.91. The SMILES string of the molecule is CN(CCCCCBr)C(=O)c1csc(I)c1. The van der Waals surface area contributed by atoms with Crippen molar-refractivity contribution >= 4 is 55.8 Å². The van der Waals surface area contributed by atoms with Gasteiger partial charge < -0.3 is 4.90 Å². The van der Waals surface area contributed by atoms with E-state index < -0.39 is 0 Å². The van der Waals surface area contributed by atoms with Crippen molar-refractivity contribution in [2.24, 2.45) is 0 Å². The second-order valence-electron chi connectivity index (χ2n) is 3.62. The first kappa shape index (κ1) is 14.4. The van der Waals surface area contributed by atoms with Crippen molar-refractivity contribution in [3.05, 3.63) is 19.9 Å². The molecule has 1 amide bonds. The summed E-state index contributed by atoms with van der Waals surface area (Å²) in [6.45, 7) is 0.845. The van der Waals surface area contributed by atoms with E-state index in [2.05, 4.69) is 38.5 Å². The number of rotatable bonds is 6. The predicted molar refractivity (Wildman–Crippen MR) is 81.6 cm³/mol. The summed E-state index contributed by atoms with van der Waals surface area (Å²) in [6, 6.07) is 1.95. The Balaban J connectivity index is 2.36. The molecule has 16 heavy (non-hydrogen) atoms. The van der Waals surface area contributed by atoms with Gasteiger partial charge in [0, 0.05) is 24.3 Å². The van der Waals surface area contributed by atoms with Gasteiger partial charge in [0.2, 0.25) is 0 Å². The highest BCUT2D eigenvalue weighted by molar-refractivity contribution is 14.1. The van der Waals surface area contributed by atoms with E-state index in [1.54, 1.807) is 11.3 Å². The molecule has 0 aromatic carbocycles. The number of hydrogen-bond donors (Lipinski definition) is 0. The van der Waals surface area contributed by atoms with Crippen LogP contribution >= 0.6 is 49.9 Å². The molecule has 0 fully saturated rings. The minimum absolute atomic E-state index is 0.137. The quantitative estimate of drug-likeness (QED) is 0.390. The average molecular weight is 416 g/mol. The van der Waals surface area contributed by atoms with Gasteiger partial charge in [0.15, 0.2) is 0 Å². The molecule has 0 bridgehead atoms. The Morgan fingerprint density at radius 1 is 1.50 bits per heavy atom. The van der Waals surface area contributed by atoms with Crippen LogP contribution in [0.5, 0.6) is 0 Å². The van der Waals surface area contributed by atoms with E-state index in [1.165, 1.54) is 12.8 Å². The summed E-state index contributed by atoms with van der Waals surface area (Å²) in [5, 5.41) is 2.98. The predicted octanol–water partition coefficient (Wildman–Crippen LogP) is 3.99. The number of nitrogens with zero attached hydrogens (tertiary/aromatic N) is 1. The first-order valence-electron chi connectivity index (χ1n) is 5.20. The Morgan fingerprint density at radius 3 is 2.81 bits per heavy atom. The molecular weight excluding hydrogens is 401 g/mol. The fourth-order valence-electron chi connectivity index (χ4n) is 1.36. The van der Waals surface area contributed by atoms with Crippen molar-refractivity contribution in [1.82, 2.24) is 4.90 Å². The van der Waals surface area contributed by atoms with E-state index in [-0.39, 0.29) is 5.91 Å². The lowest BCUT2D eigenvalue weighted by Crippen LogP contribution is -2.27. The van der Waals surface area contributed by atoms with E-state index in [0.717, 1.165) is 26.7 Å². The zero-order chi connectivity index (χ0) is 12.0. The van der Waals surface area contributed by atoms with Gasteiger partial charge in [-0.3, -0.25) is 4.79 Å². The normalized spacial score (nSPS) is 10.4. The molecule has 0 saturated heterocycles. The van der Waals surface area contributed by atoms with Crippen LogP contribution in [0.15, 0.2) is 11.4 Å². The van der Waals surface area contributed by atoms with Crippen molar-refractivity contribution in [2.45, 2.75) is 19.3 Å². The topological polar surface area (TPSA) is 20.3 Å². The molecule has 0 atom stereocenters. The number of amides is 1. The number of halogens is 2. The average Bonchev–Trinajstić information content (AvgIpc) is 2.70. The second kappa shape index (κ2) is 7.66. The highest BCUT2D eigenvalue weighted by atomic mass is 127. The molecule has 1 aromatic heterocycles. The van der Waals surface area contributed by atoms with Crippen LogP contribution in [0.3, 0.4) is 0 Å². The Labute approximate surface area is 123 Å². The molecule has 0 unspecified atom stereocenters. The molecule has 0 N–H and O–H groups in total. The summed E-state index contributed by atoms with van der Waals surface area (Å²) in [7, 11) is 1.88. The van der Waals surface area contributed by atoms with Crippen LogP contribution in [0.4, 0.5) is 0 Å². The van der Waals surface area contributed by atoms with E-state index >= 15 is 0 Å². The Hall–Kier alpha value is 0.380. The number of unbranched alkanes of at least 4 members (excludes halogenated alkanes) is 2. The lowest BCUT2D eigenvalue weighted by molar-refractivity contribution is 0.0793. The minimum Gasteiger partial charge on any atom is -0.342 e.